The lowest BCUT2D eigenvalue weighted by Gasteiger charge is -2.09. The van der Waals surface area contributed by atoms with Gasteiger partial charge in [0.15, 0.2) is 0 Å². The Morgan fingerprint density at radius 1 is 1.06 bits per heavy atom. The zero-order valence-electron chi connectivity index (χ0n) is 19.4. The molecule has 8 nitrogen and oxygen atoms in total. The van der Waals surface area contributed by atoms with Crippen molar-refractivity contribution in [2.75, 3.05) is 0 Å². The molecule has 5 aromatic rings. The highest BCUT2D eigenvalue weighted by molar-refractivity contribution is 5.76. The minimum atomic E-state index is -0.413. The first kappa shape index (κ1) is 22.4. The zero-order chi connectivity index (χ0) is 24.4. The van der Waals surface area contributed by atoms with Gasteiger partial charge in [0.25, 0.3) is 0 Å². The minimum Gasteiger partial charge on any atom is -0.292 e. The predicted octanol–water partition coefficient (Wildman–Crippen LogP) is 4.33. The number of halogens is 1. The summed E-state index contributed by atoms with van der Waals surface area (Å²) in [6, 6.07) is 16.4. The van der Waals surface area contributed by atoms with Gasteiger partial charge in [-0.15, -0.1) is 10.2 Å². The van der Waals surface area contributed by atoms with E-state index in [-0.39, 0.29) is 5.69 Å². The van der Waals surface area contributed by atoms with Gasteiger partial charge in [-0.25, -0.2) is 9.18 Å². The van der Waals surface area contributed by atoms with Crippen molar-refractivity contribution in [2.24, 2.45) is 0 Å². The van der Waals surface area contributed by atoms with Crippen molar-refractivity contribution >= 4 is 0 Å². The molecule has 1 N–H and O–H groups in total. The number of nitrogens with one attached hydrogen (secondary N) is 1. The van der Waals surface area contributed by atoms with Gasteiger partial charge < -0.3 is 0 Å². The number of H-pyrrole nitrogens is 1. The van der Waals surface area contributed by atoms with Crippen LogP contribution in [0.15, 0.2) is 71.8 Å². The topological polar surface area (TPSA) is 94.3 Å². The van der Waals surface area contributed by atoms with Gasteiger partial charge in [0.2, 0.25) is 5.82 Å². The lowest BCUT2D eigenvalue weighted by atomic mass is 10.0. The summed E-state index contributed by atoms with van der Waals surface area (Å²) in [4.78, 5) is 17.9. The maximum atomic E-state index is 14.6. The molecule has 0 spiro atoms. The molecule has 0 unspecified atom stereocenters. The Labute approximate surface area is 201 Å². The van der Waals surface area contributed by atoms with E-state index >= 15 is 0 Å². The zero-order valence-corrected chi connectivity index (χ0v) is 19.4. The van der Waals surface area contributed by atoms with Crippen molar-refractivity contribution in [2.45, 2.75) is 33.2 Å². The van der Waals surface area contributed by atoms with E-state index < -0.39 is 5.82 Å². The fourth-order valence-electron chi connectivity index (χ4n) is 4.28. The molecule has 0 amide bonds. The number of aromatic amines is 1. The van der Waals surface area contributed by atoms with E-state index in [1.54, 1.807) is 36.0 Å². The Bertz CT molecular complexity index is 1500. The van der Waals surface area contributed by atoms with E-state index in [9.17, 15) is 9.18 Å². The summed E-state index contributed by atoms with van der Waals surface area (Å²) in [5.41, 5.74) is 4.99. The standard InChI is InChI=1S/C26H24FN7O/c1-3-6-20-16-34(24-17(2)7-4-9-22(24)27)26(35)33(20)15-18-10-12-19(13-11-18)23-21(8-5-14-28-23)25-29-31-32-30-25/h4-5,7-14,16H,3,6,15H2,1-2H3,(H,29,30,31,32). The van der Waals surface area contributed by atoms with Gasteiger partial charge in [0.05, 0.1) is 17.9 Å². The fraction of sp³-hybridized carbons (Fsp3) is 0.192. The number of aromatic nitrogens is 7. The molecule has 9 heteroatoms. The van der Waals surface area contributed by atoms with Gasteiger partial charge in [0, 0.05) is 29.2 Å². The van der Waals surface area contributed by atoms with Crippen LogP contribution < -0.4 is 5.69 Å². The third-order valence-electron chi connectivity index (χ3n) is 5.96. The van der Waals surface area contributed by atoms with Crippen LogP contribution in [0.25, 0.3) is 28.3 Å². The van der Waals surface area contributed by atoms with Crippen molar-refractivity contribution in [1.29, 1.82) is 0 Å². The fourth-order valence-corrected chi connectivity index (χ4v) is 4.28. The predicted molar refractivity (Wildman–Crippen MR) is 131 cm³/mol. The van der Waals surface area contributed by atoms with Crippen molar-refractivity contribution in [3.63, 3.8) is 0 Å². The quantitative estimate of drug-likeness (QED) is 0.383. The molecule has 0 radical (unpaired) electrons. The average Bonchev–Trinajstić information content (AvgIpc) is 3.50. The molecule has 3 heterocycles. The Morgan fingerprint density at radius 2 is 1.89 bits per heavy atom. The average molecular weight is 470 g/mol. The van der Waals surface area contributed by atoms with E-state index in [2.05, 4.69) is 32.5 Å². The SMILES string of the molecule is CCCc1cn(-c2c(C)cccc2F)c(=O)n1Cc1ccc(-c2ncccc2-c2nn[nH]n2)cc1. The molecule has 0 bridgehead atoms. The number of aryl methyl sites for hydroxylation is 2. The summed E-state index contributed by atoms with van der Waals surface area (Å²) >= 11 is 0. The summed E-state index contributed by atoms with van der Waals surface area (Å²) in [6.07, 6.45) is 5.07. The molecule has 0 atom stereocenters. The molecule has 0 aliphatic carbocycles. The van der Waals surface area contributed by atoms with Crippen LogP contribution in [0.1, 0.15) is 30.2 Å². The van der Waals surface area contributed by atoms with E-state index in [1.807, 2.05) is 36.4 Å². The number of benzene rings is 2. The van der Waals surface area contributed by atoms with Gasteiger partial charge in [0.1, 0.15) is 5.82 Å². The molecule has 0 saturated carbocycles. The molecule has 0 saturated heterocycles. The summed E-state index contributed by atoms with van der Waals surface area (Å²) in [6.45, 7) is 4.25. The Hall–Kier alpha value is -4.40. The minimum absolute atomic E-state index is 0.255. The van der Waals surface area contributed by atoms with Gasteiger partial charge >= 0.3 is 5.69 Å². The van der Waals surface area contributed by atoms with Crippen LogP contribution in [-0.4, -0.2) is 34.7 Å². The Morgan fingerprint density at radius 3 is 2.60 bits per heavy atom. The van der Waals surface area contributed by atoms with E-state index in [4.69, 9.17) is 0 Å². The number of para-hydroxylation sites is 1. The van der Waals surface area contributed by atoms with Crippen LogP contribution in [0.2, 0.25) is 0 Å². The monoisotopic (exact) mass is 469 g/mol. The molecular formula is C26H24FN7O. The lowest BCUT2D eigenvalue weighted by Crippen LogP contribution is -2.25. The van der Waals surface area contributed by atoms with Crippen molar-refractivity contribution in [1.82, 2.24) is 34.7 Å². The number of rotatable bonds is 7. The normalized spacial score (nSPS) is 11.2. The summed E-state index contributed by atoms with van der Waals surface area (Å²) in [5.74, 6) is 0.0575. The Balaban J connectivity index is 1.49. The number of pyridine rings is 1. The molecule has 5 rings (SSSR count). The Kier molecular flexibility index (Phi) is 6.05. The van der Waals surface area contributed by atoms with Gasteiger partial charge in [-0.3, -0.25) is 14.1 Å². The van der Waals surface area contributed by atoms with Crippen LogP contribution >= 0.6 is 0 Å². The lowest BCUT2D eigenvalue weighted by molar-refractivity contribution is 0.611. The molecule has 3 aromatic heterocycles. The largest absolute Gasteiger partial charge is 0.333 e. The highest BCUT2D eigenvalue weighted by atomic mass is 19.1. The van der Waals surface area contributed by atoms with Crippen LogP contribution in [0, 0.1) is 12.7 Å². The molecule has 176 valence electrons. The molecule has 35 heavy (non-hydrogen) atoms. The van der Waals surface area contributed by atoms with Gasteiger partial charge in [-0.2, -0.15) is 5.21 Å². The van der Waals surface area contributed by atoms with Crippen LogP contribution in [0.3, 0.4) is 0 Å². The molecular weight excluding hydrogens is 445 g/mol. The van der Waals surface area contributed by atoms with Crippen molar-refractivity contribution < 1.29 is 4.39 Å². The maximum absolute atomic E-state index is 14.6. The number of nitrogens with zero attached hydrogens (tertiary/aromatic N) is 6. The van der Waals surface area contributed by atoms with Gasteiger partial charge in [-0.05, 0) is 47.9 Å². The third-order valence-corrected chi connectivity index (χ3v) is 5.96. The molecule has 0 aliphatic heterocycles. The second-order valence-electron chi connectivity index (χ2n) is 8.35. The second-order valence-corrected chi connectivity index (χ2v) is 8.35. The molecule has 2 aromatic carbocycles. The maximum Gasteiger partial charge on any atom is 0.333 e. The smallest absolute Gasteiger partial charge is 0.292 e. The summed E-state index contributed by atoms with van der Waals surface area (Å²) < 4.78 is 17.8. The van der Waals surface area contributed by atoms with E-state index in [0.29, 0.717) is 23.6 Å². The number of hydrogen-bond acceptors (Lipinski definition) is 5. The highest BCUT2D eigenvalue weighted by Crippen LogP contribution is 2.28. The van der Waals surface area contributed by atoms with E-state index in [0.717, 1.165) is 40.9 Å². The first-order valence-electron chi connectivity index (χ1n) is 11.4. The van der Waals surface area contributed by atoms with Gasteiger partial charge in [-0.1, -0.05) is 49.7 Å². The summed E-state index contributed by atoms with van der Waals surface area (Å²) in [5, 5.41) is 14.2. The van der Waals surface area contributed by atoms with E-state index in [1.165, 1.54) is 10.6 Å². The first-order valence-corrected chi connectivity index (χ1v) is 11.4. The number of hydrogen-bond donors (Lipinski definition) is 1. The molecule has 0 aliphatic rings. The number of tetrazole rings is 1. The van der Waals surface area contributed by atoms with Crippen molar-refractivity contribution in [3.05, 3.63) is 100 Å². The number of imidazole rings is 1. The first-order chi connectivity index (χ1) is 17.1. The highest BCUT2D eigenvalue weighted by Gasteiger charge is 2.17. The second kappa shape index (κ2) is 9.46. The van der Waals surface area contributed by atoms with Crippen LogP contribution in [-0.2, 0) is 13.0 Å². The third kappa shape index (κ3) is 4.28. The van der Waals surface area contributed by atoms with Crippen molar-refractivity contribution in [3.8, 4) is 28.3 Å². The summed E-state index contributed by atoms with van der Waals surface area (Å²) in [7, 11) is 0. The van der Waals surface area contributed by atoms with Crippen LogP contribution in [0.4, 0.5) is 4.39 Å². The molecule has 0 fully saturated rings. The van der Waals surface area contributed by atoms with Crippen LogP contribution in [0.5, 0.6) is 0 Å².